The number of hydrogen-bond acceptors (Lipinski definition) is 5. The van der Waals surface area contributed by atoms with E-state index in [0.717, 1.165) is 54.6 Å². The van der Waals surface area contributed by atoms with E-state index in [1.54, 1.807) is 19.1 Å². The van der Waals surface area contributed by atoms with Crippen LogP contribution in [0.1, 0.15) is 41.5 Å². The molecule has 5 rings (SSSR count). The highest BCUT2D eigenvalue weighted by molar-refractivity contribution is 5.99. The van der Waals surface area contributed by atoms with Gasteiger partial charge in [0.1, 0.15) is 17.4 Å². The number of anilines is 1. The van der Waals surface area contributed by atoms with Crippen molar-refractivity contribution in [2.45, 2.75) is 38.8 Å². The average molecular weight is 429 g/mol. The van der Waals surface area contributed by atoms with Gasteiger partial charge in [0.15, 0.2) is 0 Å². The Morgan fingerprint density at radius 3 is 2.41 bits per heavy atom. The van der Waals surface area contributed by atoms with Gasteiger partial charge in [0.05, 0.1) is 19.6 Å². The molecule has 32 heavy (non-hydrogen) atoms. The number of carbonyl (C=O) groups excluding carboxylic acids is 1. The van der Waals surface area contributed by atoms with Gasteiger partial charge >= 0.3 is 0 Å². The van der Waals surface area contributed by atoms with E-state index in [1.807, 2.05) is 19.1 Å². The molecule has 1 saturated heterocycles. The predicted molar refractivity (Wildman–Crippen MR) is 125 cm³/mol. The van der Waals surface area contributed by atoms with E-state index in [0.29, 0.717) is 6.42 Å². The van der Waals surface area contributed by atoms with Crippen molar-refractivity contribution in [2.24, 2.45) is 0 Å². The van der Waals surface area contributed by atoms with Crippen LogP contribution in [-0.2, 0) is 17.8 Å². The zero-order valence-corrected chi connectivity index (χ0v) is 18.8. The molecule has 0 radical (unpaired) electrons. The zero-order valence-electron chi connectivity index (χ0n) is 18.8. The zero-order chi connectivity index (χ0) is 22.2. The Balaban J connectivity index is 1.34. The van der Waals surface area contributed by atoms with Gasteiger partial charge in [-0.05, 0) is 55.1 Å². The third kappa shape index (κ3) is 3.75. The summed E-state index contributed by atoms with van der Waals surface area (Å²) in [6.45, 7) is 3.88. The molecule has 164 valence electrons. The summed E-state index contributed by atoms with van der Waals surface area (Å²) in [7, 11) is 3.49. The first-order chi connectivity index (χ1) is 15.5. The van der Waals surface area contributed by atoms with Crippen molar-refractivity contribution in [3.05, 3.63) is 71.2 Å². The van der Waals surface area contributed by atoms with E-state index in [1.165, 1.54) is 16.7 Å². The number of aromatic nitrogens is 2. The van der Waals surface area contributed by atoms with E-state index >= 15 is 0 Å². The predicted octanol–water partition coefficient (Wildman–Crippen LogP) is 4.32. The second kappa shape index (κ2) is 8.36. The molecule has 1 atom stereocenters. The SMILES string of the molecule is COc1ccc(-c2ccc(CN3CCCC3c3nc(C)c4c(n3)N(C)C(=O)C4)cc2)cc1. The molecule has 2 aliphatic rings. The highest BCUT2D eigenvalue weighted by Crippen LogP contribution is 2.35. The van der Waals surface area contributed by atoms with Gasteiger partial charge in [-0.25, -0.2) is 9.97 Å². The first kappa shape index (κ1) is 20.6. The Hall–Kier alpha value is -3.25. The van der Waals surface area contributed by atoms with E-state index in [9.17, 15) is 4.79 Å². The fourth-order valence-electron chi connectivity index (χ4n) is 4.75. The van der Waals surface area contributed by atoms with Crippen LogP contribution in [0.2, 0.25) is 0 Å². The lowest BCUT2D eigenvalue weighted by molar-refractivity contribution is -0.117. The molecule has 1 fully saturated rings. The standard InChI is InChI=1S/C26H28N4O2/c1-17-22-15-24(31)29(2)26(22)28-25(27-17)23-5-4-14-30(23)16-18-6-8-19(9-7-18)20-10-12-21(32-3)13-11-20/h6-13,23H,4-5,14-16H2,1-3H3. The van der Waals surface area contributed by atoms with Crippen molar-refractivity contribution in [2.75, 3.05) is 25.6 Å². The summed E-state index contributed by atoms with van der Waals surface area (Å²) in [6.07, 6.45) is 2.58. The monoisotopic (exact) mass is 428 g/mol. The number of methoxy groups -OCH3 is 1. The molecule has 0 saturated carbocycles. The molecular formula is C26H28N4O2. The summed E-state index contributed by atoms with van der Waals surface area (Å²) in [5.74, 6) is 2.59. The molecule has 0 bridgehead atoms. The topological polar surface area (TPSA) is 58.6 Å². The van der Waals surface area contributed by atoms with Crippen molar-refractivity contribution < 1.29 is 9.53 Å². The summed E-state index contributed by atoms with van der Waals surface area (Å²) >= 11 is 0. The van der Waals surface area contributed by atoms with Gasteiger partial charge in [0.25, 0.3) is 0 Å². The highest BCUT2D eigenvalue weighted by Gasteiger charge is 2.33. The molecule has 0 N–H and O–H groups in total. The van der Waals surface area contributed by atoms with Crippen LogP contribution in [0.25, 0.3) is 11.1 Å². The maximum absolute atomic E-state index is 12.1. The van der Waals surface area contributed by atoms with Crippen LogP contribution in [0.15, 0.2) is 48.5 Å². The Bertz CT molecular complexity index is 1140. The number of rotatable bonds is 5. The number of amides is 1. The van der Waals surface area contributed by atoms with E-state index in [-0.39, 0.29) is 11.9 Å². The molecule has 1 unspecified atom stereocenters. The smallest absolute Gasteiger partial charge is 0.232 e. The van der Waals surface area contributed by atoms with Crippen LogP contribution < -0.4 is 9.64 Å². The number of hydrogen-bond donors (Lipinski definition) is 0. The minimum absolute atomic E-state index is 0.0924. The largest absolute Gasteiger partial charge is 0.497 e. The summed E-state index contributed by atoms with van der Waals surface area (Å²) in [5, 5.41) is 0. The molecule has 2 aliphatic heterocycles. The Morgan fingerprint density at radius 1 is 1.03 bits per heavy atom. The number of nitrogens with zero attached hydrogens (tertiary/aromatic N) is 4. The Kier molecular flexibility index (Phi) is 5.39. The number of likely N-dealkylation sites (tertiary alicyclic amines) is 1. The summed E-state index contributed by atoms with van der Waals surface area (Å²) < 4.78 is 5.25. The minimum Gasteiger partial charge on any atom is -0.497 e. The average Bonchev–Trinajstić information content (AvgIpc) is 3.39. The van der Waals surface area contributed by atoms with Crippen LogP contribution in [0.5, 0.6) is 5.75 Å². The van der Waals surface area contributed by atoms with Gasteiger partial charge in [-0.1, -0.05) is 36.4 Å². The molecule has 3 aromatic rings. The lowest BCUT2D eigenvalue weighted by Gasteiger charge is -2.24. The third-order valence-electron chi connectivity index (χ3n) is 6.65. The maximum Gasteiger partial charge on any atom is 0.232 e. The van der Waals surface area contributed by atoms with Gasteiger partial charge in [0, 0.05) is 24.8 Å². The van der Waals surface area contributed by atoms with Crippen molar-refractivity contribution in [1.82, 2.24) is 14.9 Å². The molecule has 6 nitrogen and oxygen atoms in total. The van der Waals surface area contributed by atoms with Crippen LogP contribution in [0, 0.1) is 6.92 Å². The normalized spacial score (nSPS) is 18.3. The van der Waals surface area contributed by atoms with Crippen LogP contribution in [0.4, 0.5) is 5.82 Å². The van der Waals surface area contributed by atoms with Gasteiger partial charge < -0.3 is 4.74 Å². The van der Waals surface area contributed by atoms with Crippen LogP contribution in [0.3, 0.4) is 0 Å². The number of ether oxygens (including phenoxy) is 1. The highest BCUT2D eigenvalue weighted by atomic mass is 16.5. The van der Waals surface area contributed by atoms with Crippen LogP contribution >= 0.6 is 0 Å². The first-order valence-corrected chi connectivity index (χ1v) is 11.1. The third-order valence-corrected chi connectivity index (χ3v) is 6.65. The van der Waals surface area contributed by atoms with E-state index in [4.69, 9.17) is 14.7 Å². The van der Waals surface area contributed by atoms with Crippen molar-refractivity contribution >= 4 is 11.7 Å². The van der Waals surface area contributed by atoms with E-state index < -0.39 is 0 Å². The molecule has 0 spiro atoms. The van der Waals surface area contributed by atoms with Crippen molar-refractivity contribution in [3.8, 4) is 16.9 Å². The molecule has 3 heterocycles. The second-order valence-corrected chi connectivity index (χ2v) is 8.65. The summed E-state index contributed by atoms with van der Waals surface area (Å²) in [6, 6.07) is 17.1. The number of carbonyl (C=O) groups is 1. The number of fused-ring (bicyclic) bond motifs is 1. The molecular weight excluding hydrogens is 400 g/mol. The van der Waals surface area contributed by atoms with Crippen molar-refractivity contribution in [3.63, 3.8) is 0 Å². The maximum atomic E-state index is 12.1. The quantitative estimate of drug-likeness (QED) is 0.606. The van der Waals surface area contributed by atoms with Gasteiger partial charge in [0.2, 0.25) is 5.91 Å². The number of aryl methyl sites for hydroxylation is 1. The molecule has 6 heteroatoms. The second-order valence-electron chi connectivity index (χ2n) is 8.65. The Labute approximate surface area is 188 Å². The van der Waals surface area contributed by atoms with Crippen molar-refractivity contribution in [1.29, 1.82) is 0 Å². The van der Waals surface area contributed by atoms with Gasteiger partial charge in [-0.15, -0.1) is 0 Å². The Morgan fingerprint density at radius 2 is 1.72 bits per heavy atom. The molecule has 1 amide bonds. The minimum atomic E-state index is 0.0924. The van der Waals surface area contributed by atoms with E-state index in [2.05, 4.69) is 41.3 Å². The molecule has 1 aromatic heterocycles. The lowest BCUT2D eigenvalue weighted by atomic mass is 10.0. The van der Waals surface area contributed by atoms with Gasteiger partial charge in [-0.2, -0.15) is 0 Å². The fraction of sp³-hybridized carbons (Fsp3) is 0.346. The lowest BCUT2D eigenvalue weighted by Crippen LogP contribution is -2.26. The molecule has 0 aliphatic carbocycles. The number of benzene rings is 2. The van der Waals surface area contributed by atoms with Gasteiger partial charge in [-0.3, -0.25) is 14.6 Å². The summed E-state index contributed by atoms with van der Waals surface area (Å²) in [5.41, 5.74) is 5.55. The van der Waals surface area contributed by atoms with Crippen LogP contribution in [-0.4, -0.2) is 41.5 Å². The number of likely N-dealkylation sites (N-methyl/N-ethyl adjacent to an activating group) is 1. The fourth-order valence-corrected chi connectivity index (χ4v) is 4.75. The first-order valence-electron chi connectivity index (χ1n) is 11.1. The summed E-state index contributed by atoms with van der Waals surface area (Å²) in [4.78, 5) is 25.9. The molecule has 2 aromatic carbocycles.